The van der Waals surface area contributed by atoms with Crippen molar-refractivity contribution in [1.29, 1.82) is 0 Å². The highest BCUT2D eigenvalue weighted by Gasteiger charge is 2.37. The van der Waals surface area contributed by atoms with Crippen molar-refractivity contribution in [3.63, 3.8) is 0 Å². The number of piperidine rings is 1. The summed E-state index contributed by atoms with van der Waals surface area (Å²) in [5.41, 5.74) is 4.63. The second-order valence-corrected chi connectivity index (χ2v) is 8.79. The SMILES string of the molecule is O=C(CCl)NCC1(c2ccccc2)CCN(C(=O)Cc2ccc3c(c2)CCOC3)CC1. The van der Waals surface area contributed by atoms with E-state index in [1.165, 1.54) is 16.7 Å². The highest BCUT2D eigenvalue weighted by molar-refractivity contribution is 6.27. The van der Waals surface area contributed by atoms with Crippen molar-refractivity contribution in [1.82, 2.24) is 10.2 Å². The number of nitrogens with zero attached hydrogens (tertiary/aromatic N) is 1. The first-order valence-corrected chi connectivity index (χ1v) is 11.5. The molecule has 164 valence electrons. The summed E-state index contributed by atoms with van der Waals surface area (Å²) in [6.07, 6.45) is 2.96. The lowest BCUT2D eigenvalue weighted by Gasteiger charge is -2.42. The third-order valence-electron chi connectivity index (χ3n) is 6.60. The van der Waals surface area contributed by atoms with E-state index in [1.54, 1.807) is 0 Å². The van der Waals surface area contributed by atoms with Gasteiger partial charge in [-0.1, -0.05) is 48.5 Å². The van der Waals surface area contributed by atoms with Gasteiger partial charge >= 0.3 is 0 Å². The Hall–Kier alpha value is -2.37. The van der Waals surface area contributed by atoms with Crippen LogP contribution in [-0.2, 0) is 39.2 Å². The van der Waals surface area contributed by atoms with Gasteiger partial charge in [0.25, 0.3) is 0 Å². The minimum Gasteiger partial charge on any atom is -0.376 e. The van der Waals surface area contributed by atoms with E-state index in [0.717, 1.165) is 31.4 Å². The van der Waals surface area contributed by atoms with E-state index in [-0.39, 0.29) is 23.1 Å². The molecule has 5 nitrogen and oxygen atoms in total. The number of rotatable bonds is 6. The predicted octanol–water partition coefficient (Wildman–Crippen LogP) is 3.22. The fourth-order valence-corrected chi connectivity index (χ4v) is 4.77. The molecule has 0 aliphatic carbocycles. The molecule has 0 saturated carbocycles. The number of ether oxygens (including phenoxy) is 1. The third-order valence-corrected chi connectivity index (χ3v) is 6.85. The average Bonchev–Trinajstić information content (AvgIpc) is 2.83. The van der Waals surface area contributed by atoms with Gasteiger partial charge < -0.3 is 15.0 Å². The van der Waals surface area contributed by atoms with Gasteiger partial charge in [-0.05, 0) is 41.5 Å². The van der Waals surface area contributed by atoms with Gasteiger partial charge in [-0.3, -0.25) is 9.59 Å². The molecule has 0 bridgehead atoms. The van der Waals surface area contributed by atoms with Crippen LogP contribution >= 0.6 is 11.6 Å². The molecule has 6 heteroatoms. The summed E-state index contributed by atoms with van der Waals surface area (Å²) in [7, 11) is 0. The molecule has 2 amide bonds. The monoisotopic (exact) mass is 440 g/mol. The van der Waals surface area contributed by atoms with Crippen molar-refractivity contribution in [2.24, 2.45) is 0 Å². The lowest BCUT2D eigenvalue weighted by atomic mass is 9.72. The van der Waals surface area contributed by atoms with Crippen LogP contribution in [0.5, 0.6) is 0 Å². The Bertz CT molecular complexity index is 924. The molecule has 1 fully saturated rings. The number of alkyl halides is 1. The summed E-state index contributed by atoms with van der Waals surface area (Å²) < 4.78 is 5.50. The topological polar surface area (TPSA) is 58.6 Å². The summed E-state index contributed by atoms with van der Waals surface area (Å²) in [6.45, 7) is 3.32. The van der Waals surface area contributed by atoms with Crippen molar-refractivity contribution in [3.8, 4) is 0 Å². The van der Waals surface area contributed by atoms with Crippen LogP contribution in [0.25, 0.3) is 0 Å². The highest BCUT2D eigenvalue weighted by Crippen LogP contribution is 2.35. The molecular formula is C25H29ClN2O3. The molecule has 31 heavy (non-hydrogen) atoms. The number of nitrogens with one attached hydrogen (secondary N) is 1. The van der Waals surface area contributed by atoms with Gasteiger partial charge in [0.2, 0.25) is 11.8 Å². The van der Waals surface area contributed by atoms with E-state index in [4.69, 9.17) is 16.3 Å². The van der Waals surface area contributed by atoms with E-state index in [0.29, 0.717) is 32.7 Å². The van der Waals surface area contributed by atoms with Crippen molar-refractivity contribution in [3.05, 3.63) is 70.8 Å². The second kappa shape index (κ2) is 9.84. The summed E-state index contributed by atoms with van der Waals surface area (Å²) in [4.78, 5) is 26.8. The van der Waals surface area contributed by atoms with Gasteiger partial charge in [0.1, 0.15) is 5.88 Å². The van der Waals surface area contributed by atoms with Crippen LogP contribution in [0, 0.1) is 0 Å². The first-order chi connectivity index (χ1) is 15.1. The number of halogens is 1. The number of likely N-dealkylation sites (tertiary alicyclic amines) is 1. The van der Waals surface area contributed by atoms with Crippen molar-refractivity contribution < 1.29 is 14.3 Å². The Morgan fingerprint density at radius 3 is 2.58 bits per heavy atom. The zero-order chi connectivity index (χ0) is 21.7. The predicted molar refractivity (Wildman–Crippen MR) is 121 cm³/mol. The molecule has 0 radical (unpaired) electrons. The van der Waals surface area contributed by atoms with E-state index in [9.17, 15) is 9.59 Å². The Labute approximate surface area is 188 Å². The second-order valence-electron chi connectivity index (χ2n) is 8.52. The summed E-state index contributed by atoms with van der Waals surface area (Å²) >= 11 is 5.68. The van der Waals surface area contributed by atoms with Crippen LogP contribution in [0.4, 0.5) is 0 Å². The number of benzene rings is 2. The maximum absolute atomic E-state index is 13.0. The van der Waals surface area contributed by atoms with Crippen LogP contribution in [0.2, 0.25) is 0 Å². The number of amides is 2. The maximum atomic E-state index is 13.0. The van der Waals surface area contributed by atoms with Crippen LogP contribution in [0.15, 0.2) is 48.5 Å². The Morgan fingerprint density at radius 1 is 1.06 bits per heavy atom. The van der Waals surface area contributed by atoms with Gasteiger partial charge in [0, 0.05) is 25.0 Å². The largest absolute Gasteiger partial charge is 0.376 e. The summed E-state index contributed by atoms with van der Waals surface area (Å²) in [5.74, 6) is -0.0330. The molecule has 2 aromatic carbocycles. The fraction of sp³-hybridized carbons (Fsp3) is 0.440. The van der Waals surface area contributed by atoms with E-state index in [2.05, 4.69) is 29.6 Å². The third kappa shape index (κ3) is 5.10. The van der Waals surface area contributed by atoms with Crippen molar-refractivity contribution in [2.45, 2.75) is 37.7 Å². The first kappa shape index (κ1) is 21.8. The zero-order valence-electron chi connectivity index (χ0n) is 17.7. The minimum absolute atomic E-state index is 0.0393. The van der Waals surface area contributed by atoms with Crippen molar-refractivity contribution in [2.75, 3.05) is 32.1 Å². The van der Waals surface area contributed by atoms with Gasteiger partial charge in [-0.2, -0.15) is 0 Å². The molecule has 2 aliphatic heterocycles. The Morgan fingerprint density at radius 2 is 1.84 bits per heavy atom. The molecule has 0 atom stereocenters. The fourth-order valence-electron chi connectivity index (χ4n) is 4.67. The Balaban J connectivity index is 1.41. The van der Waals surface area contributed by atoms with Gasteiger partial charge in [-0.15, -0.1) is 11.6 Å². The highest BCUT2D eigenvalue weighted by atomic mass is 35.5. The molecule has 2 aliphatic rings. The summed E-state index contributed by atoms with van der Waals surface area (Å²) in [5, 5.41) is 2.97. The molecule has 2 aromatic rings. The standard InChI is InChI=1S/C25H29ClN2O3/c26-16-23(29)27-18-25(22-4-2-1-3-5-22)9-11-28(12-10-25)24(30)15-19-6-7-21-17-31-13-8-20(21)14-19/h1-7,14H,8-13,15-18H2,(H,27,29). The zero-order valence-corrected chi connectivity index (χ0v) is 18.5. The minimum atomic E-state index is -0.175. The van der Waals surface area contributed by atoms with E-state index >= 15 is 0 Å². The molecule has 4 rings (SSSR count). The van der Waals surface area contributed by atoms with Gasteiger partial charge in [0.05, 0.1) is 19.6 Å². The van der Waals surface area contributed by atoms with Gasteiger partial charge in [-0.25, -0.2) is 0 Å². The molecule has 0 unspecified atom stereocenters. The number of hydrogen-bond donors (Lipinski definition) is 1. The van der Waals surface area contributed by atoms with E-state index < -0.39 is 0 Å². The van der Waals surface area contributed by atoms with E-state index in [1.807, 2.05) is 29.2 Å². The molecule has 0 aromatic heterocycles. The lowest BCUT2D eigenvalue weighted by molar-refractivity contribution is -0.132. The molecule has 0 spiro atoms. The molecular weight excluding hydrogens is 412 g/mol. The van der Waals surface area contributed by atoms with Crippen LogP contribution in [-0.4, -0.2) is 48.8 Å². The van der Waals surface area contributed by atoms with Crippen LogP contribution < -0.4 is 5.32 Å². The number of fused-ring (bicyclic) bond motifs is 1. The lowest BCUT2D eigenvalue weighted by Crippen LogP contribution is -2.50. The smallest absolute Gasteiger partial charge is 0.234 e. The molecule has 2 heterocycles. The first-order valence-electron chi connectivity index (χ1n) is 10.9. The van der Waals surface area contributed by atoms with Crippen LogP contribution in [0.1, 0.15) is 35.1 Å². The molecule has 1 saturated heterocycles. The maximum Gasteiger partial charge on any atom is 0.234 e. The average molecular weight is 441 g/mol. The Kier molecular flexibility index (Phi) is 6.93. The summed E-state index contributed by atoms with van der Waals surface area (Å²) in [6, 6.07) is 16.6. The van der Waals surface area contributed by atoms with Crippen LogP contribution in [0.3, 0.4) is 0 Å². The number of hydrogen-bond acceptors (Lipinski definition) is 3. The quantitative estimate of drug-likeness (QED) is 0.701. The van der Waals surface area contributed by atoms with Crippen molar-refractivity contribution >= 4 is 23.4 Å². The normalized spacial score (nSPS) is 17.6. The number of carbonyl (C=O) groups is 2. The number of carbonyl (C=O) groups excluding carboxylic acids is 2. The molecule has 1 N–H and O–H groups in total. The van der Waals surface area contributed by atoms with Gasteiger partial charge in [0.15, 0.2) is 0 Å².